The van der Waals surface area contributed by atoms with E-state index in [9.17, 15) is 9.59 Å². The Morgan fingerprint density at radius 3 is 2.39 bits per heavy atom. The number of ether oxygens (including phenoxy) is 1. The van der Waals surface area contributed by atoms with Crippen LogP contribution in [-0.2, 0) is 20.9 Å². The number of anilines is 1. The molecule has 0 bridgehead atoms. The van der Waals surface area contributed by atoms with Gasteiger partial charge in [0, 0.05) is 25.0 Å². The SMILES string of the molecule is CCC(C)(CCOC(C)(C)CC(C)(C)CN)C(=O)N1NCC1(C)CCC(=O)N1Cc2ccccc2/C(C)=C\c2ccccc21. The van der Waals surface area contributed by atoms with Gasteiger partial charge in [0.05, 0.1) is 23.4 Å². The van der Waals surface area contributed by atoms with Gasteiger partial charge in [-0.3, -0.25) is 14.6 Å². The molecule has 2 unspecified atom stereocenters. The summed E-state index contributed by atoms with van der Waals surface area (Å²) >= 11 is 0. The molecule has 1 fully saturated rings. The fourth-order valence-electron chi connectivity index (χ4n) is 6.68. The Labute approximate surface area is 265 Å². The van der Waals surface area contributed by atoms with E-state index in [1.165, 1.54) is 11.1 Å². The lowest BCUT2D eigenvalue weighted by Gasteiger charge is -2.53. The van der Waals surface area contributed by atoms with Crippen LogP contribution in [0.15, 0.2) is 48.5 Å². The van der Waals surface area contributed by atoms with Crippen molar-refractivity contribution < 1.29 is 14.3 Å². The van der Waals surface area contributed by atoms with Gasteiger partial charge in [-0.25, -0.2) is 5.43 Å². The normalized spacial score (nSPS) is 21.2. The molecule has 0 aromatic heterocycles. The van der Waals surface area contributed by atoms with Crippen molar-refractivity contribution in [3.05, 3.63) is 65.2 Å². The maximum atomic E-state index is 14.0. The molecule has 2 aliphatic heterocycles. The lowest BCUT2D eigenvalue weighted by molar-refractivity contribution is -0.169. The summed E-state index contributed by atoms with van der Waals surface area (Å²) in [6.07, 6.45) is 5.26. The van der Waals surface area contributed by atoms with Crippen molar-refractivity contribution >= 4 is 29.2 Å². The van der Waals surface area contributed by atoms with E-state index in [0.717, 1.165) is 23.2 Å². The third-order valence-corrected chi connectivity index (χ3v) is 9.81. The number of rotatable bonds is 12. The van der Waals surface area contributed by atoms with E-state index in [2.05, 4.69) is 78.2 Å². The highest BCUT2D eigenvalue weighted by Gasteiger charge is 2.49. The smallest absolute Gasteiger partial charge is 0.243 e. The minimum Gasteiger partial charge on any atom is -0.376 e. The van der Waals surface area contributed by atoms with Crippen LogP contribution in [0.3, 0.4) is 0 Å². The number of nitrogens with zero attached hydrogens (tertiary/aromatic N) is 2. The van der Waals surface area contributed by atoms with Crippen LogP contribution in [-0.4, -0.2) is 47.7 Å². The second kappa shape index (κ2) is 13.2. The first-order chi connectivity index (χ1) is 20.6. The summed E-state index contributed by atoms with van der Waals surface area (Å²) in [4.78, 5) is 29.8. The molecule has 2 atom stereocenters. The van der Waals surface area contributed by atoms with Crippen LogP contribution in [0, 0.1) is 10.8 Å². The predicted octanol–water partition coefficient (Wildman–Crippen LogP) is 6.96. The average molecular weight is 603 g/mol. The maximum Gasteiger partial charge on any atom is 0.243 e. The first-order valence-corrected chi connectivity index (χ1v) is 16.2. The molecular formula is C37H54N4O3. The summed E-state index contributed by atoms with van der Waals surface area (Å²) in [5.74, 6) is 0.131. The highest BCUT2D eigenvalue weighted by Crippen LogP contribution is 2.38. The molecule has 0 saturated carbocycles. The third kappa shape index (κ3) is 7.44. The number of carbonyl (C=O) groups excluding carboxylic acids is 2. The number of hydrazine groups is 1. The molecular weight excluding hydrogens is 548 g/mol. The van der Waals surface area contributed by atoms with Crippen molar-refractivity contribution in [2.45, 2.75) is 105 Å². The van der Waals surface area contributed by atoms with Gasteiger partial charge in [0.25, 0.3) is 0 Å². The second-order valence-corrected chi connectivity index (χ2v) is 14.8. The summed E-state index contributed by atoms with van der Waals surface area (Å²) in [7, 11) is 0. The van der Waals surface area contributed by atoms with Crippen LogP contribution < -0.4 is 16.1 Å². The van der Waals surface area contributed by atoms with E-state index < -0.39 is 11.0 Å². The van der Waals surface area contributed by atoms with Crippen LogP contribution in [0.1, 0.15) is 104 Å². The van der Waals surface area contributed by atoms with Gasteiger partial charge < -0.3 is 15.4 Å². The van der Waals surface area contributed by atoms with Gasteiger partial charge in [-0.2, -0.15) is 0 Å². The summed E-state index contributed by atoms with van der Waals surface area (Å²) in [6.45, 7) is 19.1. The van der Waals surface area contributed by atoms with E-state index >= 15 is 0 Å². The van der Waals surface area contributed by atoms with Crippen LogP contribution >= 0.6 is 0 Å². The molecule has 2 aromatic carbocycles. The van der Waals surface area contributed by atoms with Crippen molar-refractivity contribution in [2.24, 2.45) is 16.6 Å². The Bertz CT molecular complexity index is 1380. The fourth-order valence-corrected chi connectivity index (χ4v) is 6.68. The van der Waals surface area contributed by atoms with E-state index in [1.54, 1.807) is 5.01 Å². The van der Waals surface area contributed by atoms with Crippen LogP contribution in [0.5, 0.6) is 0 Å². The molecule has 4 rings (SSSR count). The standard InChI is InChI=1S/C37H54N4O3/c1-9-36(7,20-21-44-35(5,6)24-34(3,4)25-38)33(43)41-37(8,26-39-41)19-18-32(42)40-23-29-15-10-12-16-30(29)27(2)22-28-14-11-13-17-31(28)40/h10-17,22,39H,9,18-21,23-26,38H2,1-8H3/b27-22-. The highest BCUT2D eigenvalue weighted by atomic mass is 16.5. The van der Waals surface area contributed by atoms with Crippen LogP contribution in [0.2, 0.25) is 0 Å². The van der Waals surface area contributed by atoms with E-state index in [1.807, 2.05) is 42.2 Å². The molecule has 2 amide bonds. The first kappa shape index (κ1) is 33.9. The number of nitrogens with one attached hydrogen (secondary N) is 1. The van der Waals surface area contributed by atoms with E-state index in [-0.39, 0.29) is 22.8 Å². The van der Waals surface area contributed by atoms with Gasteiger partial charge in [0.1, 0.15) is 0 Å². The van der Waals surface area contributed by atoms with Gasteiger partial charge in [-0.05, 0) is 99.7 Å². The fraction of sp³-hybridized carbons (Fsp3) is 0.568. The lowest BCUT2D eigenvalue weighted by Crippen LogP contribution is -2.74. The van der Waals surface area contributed by atoms with Gasteiger partial charge in [0.2, 0.25) is 11.8 Å². The zero-order chi connectivity index (χ0) is 32.3. The number of hydrogen-bond donors (Lipinski definition) is 2. The number of benzene rings is 2. The third-order valence-electron chi connectivity index (χ3n) is 9.81. The van der Waals surface area contributed by atoms with Gasteiger partial charge in [-0.15, -0.1) is 0 Å². The molecule has 0 aliphatic carbocycles. The highest BCUT2D eigenvalue weighted by molar-refractivity contribution is 5.98. The number of fused-ring (bicyclic) bond motifs is 2. The number of allylic oxidation sites excluding steroid dienone is 1. The molecule has 240 valence electrons. The summed E-state index contributed by atoms with van der Waals surface area (Å²) < 4.78 is 6.32. The van der Waals surface area contributed by atoms with E-state index in [4.69, 9.17) is 10.5 Å². The Balaban J connectivity index is 1.43. The van der Waals surface area contributed by atoms with Crippen molar-refractivity contribution in [3.63, 3.8) is 0 Å². The Kier molecular flexibility index (Phi) is 10.1. The summed E-state index contributed by atoms with van der Waals surface area (Å²) in [5.41, 5.74) is 13.3. The Hall–Kier alpha value is -3.00. The molecule has 7 heteroatoms. The molecule has 0 radical (unpaired) electrons. The summed E-state index contributed by atoms with van der Waals surface area (Å²) in [6, 6.07) is 16.4. The molecule has 7 nitrogen and oxygen atoms in total. The Morgan fingerprint density at radius 1 is 1.05 bits per heavy atom. The van der Waals surface area contributed by atoms with Crippen LogP contribution in [0.4, 0.5) is 5.69 Å². The van der Waals surface area contributed by atoms with Crippen LogP contribution in [0.25, 0.3) is 11.6 Å². The molecule has 2 heterocycles. The second-order valence-electron chi connectivity index (χ2n) is 14.8. The number of nitrogens with two attached hydrogens (primary N) is 1. The average Bonchev–Trinajstić information content (AvgIpc) is 2.97. The molecule has 44 heavy (non-hydrogen) atoms. The number of amides is 2. The number of carbonyl (C=O) groups is 2. The quantitative estimate of drug-likeness (QED) is 0.274. The molecule has 0 spiro atoms. The maximum absolute atomic E-state index is 14.0. The zero-order valence-electron chi connectivity index (χ0n) is 28.3. The lowest BCUT2D eigenvalue weighted by atomic mass is 9.79. The van der Waals surface area contributed by atoms with Crippen molar-refractivity contribution in [3.8, 4) is 0 Å². The largest absolute Gasteiger partial charge is 0.376 e. The van der Waals surface area contributed by atoms with Crippen molar-refractivity contribution in [2.75, 3.05) is 24.6 Å². The van der Waals surface area contributed by atoms with Crippen molar-refractivity contribution in [1.29, 1.82) is 0 Å². The molecule has 1 saturated heterocycles. The number of para-hydroxylation sites is 1. The van der Waals surface area contributed by atoms with E-state index in [0.29, 0.717) is 51.9 Å². The van der Waals surface area contributed by atoms with Crippen molar-refractivity contribution in [1.82, 2.24) is 10.4 Å². The monoisotopic (exact) mass is 602 g/mol. The van der Waals surface area contributed by atoms with Gasteiger partial charge >= 0.3 is 0 Å². The Morgan fingerprint density at radius 2 is 1.73 bits per heavy atom. The minimum absolute atomic E-state index is 0.0121. The van der Waals surface area contributed by atoms with Gasteiger partial charge in [-0.1, -0.05) is 70.2 Å². The molecule has 3 N–H and O–H groups in total. The molecule has 2 aromatic rings. The summed E-state index contributed by atoms with van der Waals surface area (Å²) in [5, 5.41) is 1.79. The molecule has 2 aliphatic rings. The predicted molar refractivity (Wildman–Crippen MR) is 181 cm³/mol. The van der Waals surface area contributed by atoms with Gasteiger partial charge in [0.15, 0.2) is 0 Å². The topological polar surface area (TPSA) is 87.9 Å². The first-order valence-electron chi connectivity index (χ1n) is 16.2. The minimum atomic E-state index is -0.575. The number of hydrogen-bond acceptors (Lipinski definition) is 5. The zero-order valence-corrected chi connectivity index (χ0v) is 28.3.